The number of ketones is 1. The van der Waals surface area contributed by atoms with Crippen LogP contribution < -0.4 is 0 Å². The number of rotatable bonds is 1. The van der Waals surface area contributed by atoms with Crippen molar-refractivity contribution in [1.29, 1.82) is 0 Å². The van der Waals surface area contributed by atoms with Crippen LogP contribution >= 0.6 is 11.6 Å². The Morgan fingerprint density at radius 1 is 1.50 bits per heavy atom. The number of fused-ring (bicyclic) bond motifs is 1. The van der Waals surface area contributed by atoms with Crippen LogP contribution in [0.3, 0.4) is 0 Å². The van der Waals surface area contributed by atoms with E-state index in [-0.39, 0.29) is 5.78 Å². The molecular weight excluding hydrogens is 200 g/mol. The molecule has 1 aliphatic rings. The van der Waals surface area contributed by atoms with Crippen molar-refractivity contribution in [1.82, 2.24) is 9.55 Å². The van der Waals surface area contributed by atoms with E-state index in [4.69, 9.17) is 11.6 Å². The number of carbonyl (C=O) groups excluding carboxylic acids is 1. The third kappa shape index (κ3) is 1.46. The fourth-order valence-electron chi connectivity index (χ4n) is 1.73. The molecule has 0 unspecified atom stereocenters. The number of halogens is 1. The van der Waals surface area contributed by atoms with E-state index in [9.17, 15) is 4.79 Å². The number of aromatic nitrogens is 2. The number of hydrogen-bond acceptors (Lipinski definition) is 2. The van der Waals surface area contributed by atoms with E-state index in [0.29, 0.717) is 30.5 Å². The largest absolute Gasteiger partial charge is 0.318 e. The lowest BCUT2D eigenvalue weighted by Gasteiger charge is -2.12. The standard InChI is InChI=1S/C10H13ClN2O/c1-6(2)9-10(11)13-4-3-7(14)5-8(13)12-9/h6H,3-5H2,1-2H3. The van der Waals surface area contributed by atoms with Crippen LogP contribution in [0, 0.1) is 0 Å². The van der Waals surface area contributed by atoms with Gasteiger partial charge in [0.15, 0.2) is 0 Å². The highest BCUT2D eigenvalue weighted by molar-refractivity contribution is 6.30. The van der Waals surface area contributed by atoms with Crippen LogP contribution in [0.15, 0.2) is 0 Å². The van der Waals surface area contributed by atoms with Crippen molar-refractivity contribution < 1.29 is 4.79 Å². The predicted molar refractivity (Wildman–Crippen MR) is 54.7 cm³/mol. The Morgan fingerprint density at radius 3 is 2.86 bits per heavy atom. The first-order valence-electron chi connectivity index (χ1n) is 4.86. The normalized spacial score (nSPS) is 16.1. The molecule has 0 saturated carbocycles. The fourth-order valence-corrected chi connectivity index (χ4v) is 2.17. The molecule has 1 aliphatic heterocycles. The third-order valence-electron chi connectivity index (χ3n) is 2.53. The topological polar surface area (TPSA) is 34.9 Å². The molecule has 0 amide bonds. The molecule has 2 rings (SSSR count). The smallest absolute Gasteiger partial charge is 0.142 e. The monoisotopic (exact) mass is 212 g/mol. The Bertz CT molecular complexity index is 382. The molecule has 2 heterocycles. The van der Waals surface area contributed by atoms with Crippen LogP contribution in [0.5, 0.6) is 0 Å². The van der Waals surface area contributed by atoms with E-state index in [2.05, 4.69) is 18.8 Å². The second-order valence-corrected chi connectivity index (χ2v) is 4.33. The maximum Gasteiger partial charge on any atom is 0.142 e. The summed E-state index contributed by atoms with van der Waals surface area (Å²) in [5.74, 6) is 1.40. The van der Waals surface area contributed by atoms with Gasteiger partial charge in [0.25, 0.3) is 0 Å². The molecule has 3 nitrogen and oxygen atoms in total. The zero-order valence-electron chi connectivity index (χ0n) is 8.38. The van der Waals surface area contributed by atoms with E-state index in [1.807, 2.05) is 4.57 Å². The van der Waals surface area contributed by atoms with Gasteiger partial charge in [0.1, 0.15) is 16.8 Å². The van der Waals surface area contributed by atoms with Gasteiger partial charge in [-0.1, -0.05) is 25.4 Å². The van der Waals surface area contributed by atoms with Gasteiger partial charge >= 0.3 is 0 Å². The molecule has 14 heavy (non-hydrogen) atoms. The van der Waals surface area contributed by atoms with Crippen molar-refractivity contribution in [3.05, 3.63) is 16.7 Å². The van der Waals surface area contributed by atoms with Crippen molar-refractivity contribution in [3.63, 3.8) is 0 Å². The highest BCUT2D eigenvalue weighted by Gasteiger charge is 2.23. The quantitative estimate of drug-likeness (QED) is 0.715. The first-order chi connectivity index (χ1) is 6.59. The molecule has 76 valence electrons. The minimum Gasteiger partial charge on any atom is -0.318 e. The van der Waals surface area contributed by atoms with Crippen LogP contribution in [0.2, 0.25) is 5.15 Å². The Balaban J connectivity index is 2.45. The zero-order valence-corrected chi connectivity index (χ0v) is 9.14. The molecule has 1 aromatic heterocycles. The van der Waals surface area contributed by atoms with Crippen LogP contribution in [0.1, 0.15) is 37.7 Å². The molecule has 0 aliphatic carbocycles. The van der Waals surface area contributed by atoms with E-state index >= 15 is 0 Å². The summed E-state index contributed by atoms with van der Waals surface area (Å²) in [6, 6.07) is 0. The summed E-state index contributed by atoms with van der Waals surface area (Å²) in [6.45, 7) is 4.80. The van der Waals surface area contributed by atoms with Gasteiger partial charge in [-0.05, 0) is 5.92 Å². The Morgan fingerprint density at radius 2 is 2.21 bits per heavy atom. The number of imidazole rings is 1. The van der Waals surface area contributed by atoms with Gasteiger partial charge in [-0.2, -0.15) is 0 Å². The fraction of sp³-hybridized carbons (Fsp3) is 0.600. The van der Waals surface area contributed by atoms with Crippen LogP contribution in [0.25, 0.3) is 0 Å². The lowest BCUT2D eigenvalue weighted by atomic mass is 10.1. The summed E-state index contributed by atoms with van der Waals surface area (Å²) >= 11 is 6.17. The average Bonchev–Trinajstić information content (AvgIpc) is 2.43. The number of hydrogen-bond donors (Lipinski definition) is 0. The maximum atomic E-state index is 11.2. The molecule has 0 fully saturated rings. The second kappa shape index (κ2) is 3.39. The van der Waals surface area contributed by atoms with E-state index in [1.54, 1.807) is 0 Å². The summed E-state index contributed by atoms with van der Waals surface area (Å²) in [5.41, 5.74) is 0.913. The lowest BCUT2D eigenvalue weighted by molar-refractivity contribution is -0.119. The minimum atomic E-state index is 0.259. The van der Waals surface area contributed by atoms with Crippen molar-refractivity contribution in [2.24, 2.45) is 0 Å². The van der Waals surface area contributed by atoms with Gasteiger partial charge in [-0.25, -0.2) is 4.98 Å². The lowest BCUT2D eigenvalue weighted by Crippen LogP contribution is -2.18. The number of Topliss-reactive ketones (excluding diaryl/α,β-unsaturated/α-hetero) is 1. The SMILES string of the molecule is CC(C)c1nc2n(c1Cl)CCC(=O)C2. The minimum absolute atomic E-state index is 0.259. The molecule has 0 bridgehead atoms. The van der Waals surface area contributed by atoms with E-state index < -0.39 is 0 Å². The number of carbonyl (C=O) groups is 1. The van der Waals surface area contributed by atoms with Gasteiger partial charge in [0.05, 0.1) is 12.1 Å². The second-order valence-electron chi connectivity index (χ2n) is 3.98. The van der Waals surface area contributed by atoms with Gasteiger partial charge in [0, 0.05) is 13.0 Å². The summed E-state index contributed by atoms with van der Waals surface area (Å²) in [4.78, 5) is 15.6. The first kappa shape index (κ1) is 9.71. The van der Waals surface area contributed by atoms with Crippen molar-refractivity contribution in [2.45, 2.75) is 39.2 Å². The Labute approximate surface area is 88.1 Å². The van der Waals surface area contributed by atoms with Crippen molar-refractivity contribution >= 4 is 17.4 Å². The van der Waals surface area contributed by atoms with Gasteiger partial charge in [0.2, 0.25) is 0 Å². The molecule has 0 N–H and O–H groups in total. The molecule has 4 heteroatoms. The number of nitrogens with zero attached hydrogens (tertiary/aromatic N) is 2. The van der Waals surface area contributed by atoms with Gasteiger partial charge in [-0.15, -0.1) is 0 Å². The average molecular weight is 213 g/mol. The van der Waals surface area contributed by atoms with Gasteiger partial charge in [-0.3, -0.25) is 4.79 Å². The maximum absolute atomic E-state index is 11.2. The summed E-state index contributed by atoms with van der Waals surface area (Å²) < 4.78 is 1.96. The summed E-state index contributed by atoms with van der Waals surface area (Å²) in [5, 5.41) is 0.711. The van der Waals surface area contributed by atoms with E-state index in [0.717, 1.165) is 11.5 Å². The molecule has 0 radical (unpaired) electrons. The van der Waals surface area contributed by atoms with Crippen LogP contribution in [-0.4, -0.2) is 15.3 Å². The highest BCUT2D eigenvalue weighted by atomic mass is 35.5. The highest BCUT2D eigenvalue weighted by Crippen LogP contribution is 2.27. The zero-order chi connectivity index (χ0) is 10.3. The molecule has 0 spiro atoms. The molecule has 0 aromatic carbocycles. The summed E-state index contributed by atoms with van der Waals surface area (Å²) in [7, 11) is 0. The first-order valence-corrected chi connectivity index (χ1v) is 5.24. The van der Waals surface area contributed by atoms with Crippen molar-refractivity contribution in [2.75, 3.05) is 0 Å². The Hall–Kier alpha value is -0.830. The van der Waals surface area contributed by atoms with Crippen molar-refractivity contribution in [3.8, 4) is 0 Å². The Kier molecular flexibility index (Phi) is 2.35. The van der Waals surface area contributed by atoms with Crippen LogP contribution in [0.4, 0.5) is 0 Å². The molecular formula is C10H13ClN2O. The molecule has 0 saturated heterocycles. The molecule has 1 aromatic rings. The molecule has 0 atom stereocenters. The van der Waals surface area contributed by atoms with Crippen LogP contribution in [-0.2, 0) is 17.8 Å². The van der Waals surface area contributed by atoms with Gasteiger partial charge < -0.3 is 4.57 Å². The summed E-state index contributed by atoms with van der Waals surface area (Å²) in [6.07, 6.45) is 1.02. The third-order valence-corrected chi connectivity index (χ3v) is 2.92. The predicted octanol–water partition coefficient (Wildman–Crippen LogP) is 2.18. The van der Waals surface area contributed by atoms with E-state index in [1.165, 1.54) is 0 Å².